The molecule has 204 valence electrons. The zero-order valence-electron chi connectivity index (χ0n) is 22.0. The molecule has 5 rings (SSSR count). The van der Waals surface area contributed by atoms with Crippen LogP contribution in [0.15, 0.2) is 60.4 Å². The maximum Gasteiger partial charge on any atom is 0.264 e. The van der Waals surface area contributed by atoms with Crippen LogP contribution in [0.2, 0.25) is 0 Å². The fourth-order valence-corrected chi connectivity index (χ4v) is 4.88. The van der Waals surface area contributed by atoms with Crippen molar-refractivity contribution in [2.24, 2.45) is 5.92 Å². The molecule has 0 aliphatic carbocycles. The Morgan fingerprint density at radius 3 is 2.60 bits per heavy atom. The molecule has 0 bridgehead atoms. The second-order valence-electron chi connectivity index (χ2n) is 9.90. The lowest BCUT2D eigenvalue weighted by atomic mass is 10.1. The van der Waals surface area contributed by atoms with Crippen molar-refractivity contribution in [1.82, 2.24) is 24.6 Å². The molecule has 0 saturated carbocycles. The number of halogens is 2. The third kappa shape index (κ3) is 5.20. The number of ether oxygens (including phenoxy) is 1. The number of carbonyl (C=O) groups is 1. The predicted molar refractivity (Wildman–Crippen MR) is 145 cm³/mol. The molecule has 1 atom stereocenters. The SMILES string of the molecule is CC(C)/C=C(\C#N)C(=O)N1CCC[C@H]1Cn1nc(-c2ccc(Oc3c(F)cccc3F)cc2)c2c(N)ncnc21. The van der Waals surface area contributed by atoms with E-state index in [0.717, 1.165) is 25.0 Å². The number of nitrogen functional groups attached to an aromatic ring is 1. The Bertz CT molecular complexity index is 1620. The van der Waals surface area contributed by atoms with Crippen LogP contribution in [0.1, 0.15) is 26.7 Å². The normalized spacial score (nSPS) is 15.6. The van der Waals surface area contributed by atoms with Crippen molar-refractivity contribution in [2.75, 3.05) is 12.3 Å². The van der Waals surface area contributed by atoms with E-state index in [1.54, 1.807) is 39.9 Å². The molecule has 1 saturated heterocycles. The minimum absolute atomic E-state index is 0.0690. The molecular formula is C29H27F2N7O2. The Balaban J connectivity index is 1.45. The Labute approximate surface area is 229 Å². The van der Waals surface area contributed by atoms with Gasteiger partial charge in [0.1, 0.15) is 35.2 Å². The van der Waals surface area contributed by atoms with Gasteiger partial charge in [-0.2, -0.15) is 10.4 Å². The summed E-state index contributed by atoms with van der Waals surface area (Å²) < 4.78 is 35.2. The fraction of sp³-hybridized carbons (Fsp3) is 0.276. The van der Waals surface area contributed by atoms with E-state index in [1.807, 2.05) is 19.9 Å². The lowest BCUT2D eigenvalue weighted by Gasteiger charge is -2.24. The average molecular weight is 544 g/mol. The summed E-state index contributed by atoms with van der Waals surface area (Å²) in [7, 11) is 0. The van der Waals surface area contributed by atoms with Gasteiger partial charge in [-0.3, -0.25) is 4.79 Å². The van der Waals surface area contributed by atoms with Gasteiger partial charge in [-0.25, -0.2) is 23.4 Å². The fourth-order valence-electron chi connectivity index (χ4n) is 4.88. The number of para-hydroxylation sites is 1. The third-order valence-electron chi connectivity index (χ3n) is 6.70. The smallest absolute Gasteiger partial charge is 0.264 e. The number of hydrogen-bond donors (Lipinski definition) is 1. The lowest BCUT2D eigenvalue weighted by Crippen LogP contribution is -2.39. The highest BCUT2D eigenvalue weighted by Crippen LogP contribution is 2.34. The summed E-state index contributed by atoms with van der Waals surface area (Å²) in [6.45, 7) is 4.75. The Hall–Kier alpha value is -4.85. The molecular weight excluding hydrogens is 516 g/mol. The van der Waals surface area contributed by atoms with Crippen LogP contribution in [-0.2, 0) is 11.3 Å². The monoisotopic (exact) mass is 543 g/mol. The van der Waals surface area contributed by atoms with Crippen molar-refractivity contribution in [3.05, 3.63) is 72.1 Å². The number of fused-ring (bicyclic) bond motifs is 1. The van der Waals surface area contributed by atoms with Gasteiger partial charge in [0, 0.05) is 12.1 Å². The molecule has 2 aromatic carbocycles. The van der Waals surface area contributed by atoms with E-state index >= 15 is 0 Å². The number of nitriles is 1. The number of benzene rings is 2. The van der Waals surface area contributed by atoms with E-state index in [4.69, 9.17) is 15.6 Å². The average Bonchev–Trinajstić information content (AvgIpc) is 3.55. The van der Waals surface area contributed by atoms with Crippen LogP contribution in [0.5, 0.6) is 11.5 Å². The second-order valence-corrected chi connectivity index (χ2v) is 9.90. The van der Waals surface area contributed by atoms with Crippen LogP contribution in [0.4, 0.5) is 14.6 Å². The molecule has 3 heterocycles. The molecule has 40 heavy (non-hydrogen) atoms. The third-order valence-corrected chi connectivity index (χ3v) is 6.70. The molecule has 0 unspecified atom stereocenters. The molecule has 1 aliphatic rings. The molecule has 2 N–H and O–H groups in total. The number of hydrogen-bond acceptors (Lipinski definition) is 7. The Kier molecular flexibility index (Phi) is 7.42. The van der Waals surface area contributed by atoms with Gasteiger partial charge in [-0.05, 0) is 55.2 Å². The lowest BCUT2D eigenvalue weighted by molar-refractivity contribution is -0.127. The number of amides is 1. The van der Waals surface area contributed by atoms with Gasteiger partial charge >= 0.3 is 0 Å². The second kappa shape index (κ2) is 11.1. The van der Waals surface area contributed by atoms with Crippen LogP contribution in [-0.4, -0.2) is 43.1 Å². The van der Waals surface area contributed by atoms with Gasteiger partial charge in [-0.15, -0.1) is 0 Å². The number of nitrogens with two attached hydrogens (primary N) is 1. The number of rotatable bonds is 7. The summed E-state index contributed by atoms with van der Waals surface area (Å²) in [4.78, 5) is 23.4. The van der Waals surface area contributed by atoms with Gasteiger partial charge < -0.3 is 15.4 Å². The molecule has 1 fully saturated rings. The van der Waals surface area contributed by atoms with Crippen LogP contribution in [0.25, 0.3) is 22.3 Å². The summed E-state index contributed by atoms with van der Waals surface area (Å²) in [5.74, 6) is -1.83. The first-order valence-electron chi connectivity index (χ1n) is 12.9. The number of carbonyl (C=O) groups excluding carboxylic acids is 1. The molecule has 0 spiro atoms. The summed E-state index contributed by atoms with van der Waals surface area (Å²) in [6.07, 6.45) is 4.60. The van der Waals surface area contributed by atoms with Crippen molar-refractivity contribution in [1.29, 1.82) is 5.26 Å². The van der Waals surface area contributed by atoms with Crippen molar-refractivity contribution >= 4 is 22.8 Å². The highest BCUT2D eigenvalue weighted by molar-refractivity contribution is 5.99. The van der Waals surface area contributed by atoms with Gasteiger partial charge in [0.15, 0.2) is 23.0 Å². The number of aromatic nitrogens is 4. The Morgan fingerprint density at radius 1 is 1.20 bits per heavy atom. The molecule has 2 aromatic heterocycles. The van der Waals surface area contributed by atoms with Crippen LogP contribution < -0.4 is 10.5 Å². The zero-order chi connectivity index (χ0) is 28.4. The minimum atomic E-state index is -0.806. The summed E-state index contributed by atoms with van der Waals surface area (Å²) in [6, 6.07) is 11.9. The minimum Gasteiger partial charge on any atom is -0.451 e. The Morgan fingerprint density at radius 2 is 1.93 bits per heavy atom. The van der Waals surface area contributed by atoms with Crippen molar-refractivity contribution in [3.63, 3.8) is 0 Å². The maximum atomic E-state index is 14.0. The number of allylic oxidation sites excluding steroid dienone is 1. The van der Waals surface area contributed by atoms with Crippen molar-refractivity contribution < 1.29 is 18.3 Å². The van der Waals surface area contributed by atoms with Crippen molar-refractivity contribution in [3.8, 4) is 28.8 Å². The van der Waals surface area contributed by atoms with E-state index in [-0.39, 0.29) is 35.0 Å². The first-order valence-corrected chi connectivity index (χ1v) is 12.9. The quantitative estimate of drug-likeness (QED) is 0.250. The van der Waals surface area contributed by atoms with Crippen LogP contribution >= 0.6 is 0 Å². The van der Waals surface area contributed by atoms with Gasteiger partial charge in [0.05, 0.1) is 18.0 Å². The van der Waals surface area contributed by atoms with Gasteiger partial charge in [-0.1, -0.05) is 26.0 Å². The first-order chi connectivity index (χ1) is 19.3. The number of nitrogens with zero attached hydrogens (tertiary/aromatic N) is 6. The van der Waals surface area contributed by atoms with E-state index in [9.17, 15) is 18.8 Å². The topological polar surface area (TPSA) is 123 Å². The van der Waals surface area contributed by atoms with Crippen molar-refractivity contribution in [2.45, 2.75) is 39.3 Å². The first kappa shape index (κ1) is 26.7. The van der Waals surface area contributed by atoms with E-state index in [2.05, 4.69) is 9.97 Å². The summed E-state index contributed by atoms with van der Waals surface area (Å²) in [5, 5.41) is 14.9. The van der Waals surface area contributed by atoms with Crippen LogP contribution in [0, 0.1) is 28.9 Å². The van der Waals surface area contributed by atoms with E-state index in [0.29, 0.717) is 35.4 Å². The number of likely N-dealkylation sites (tertiary alicyclic amines) is 1. The predicted octanol–water partition coefficient (Wildman–Crippen LogP) is 5.24. The maximum absolute atomic E-state index is 14.0. The summed E-state index contributed by atoms with van der Waals surface area (Å²) in [5.41, 5.74) is 8.07. The largest absolute Gasteiger partial charge is 0.451 e. The summed E-state index contributed by atoms with van der Waals surface area (Å²) >= 11 is 0. The highest BCUT2D eigenvalue weighted by Gasteiger charge is 2.32. The highest BCUT2D eigenvalue weighted by atomic mass is 19.1. The zero-order valence-corrected chi connectivity index (χ0v) is 22.0. The molecule has 0 radical (unpaired) electrons. The molecule has 4 aromatic rings. The molecule has 1 aliphatic heterocycles. The molecule has 1 amide bonds. The van der Waals surface area contributed by atoms with E-state index in [1.165, 1.54) is 12.4 Å². The number of anilines is 1. The van der Waals surface area contributed by atoms with Gasteiger partial charge in [0.2, 0.25) is 0 Å². The standard InChI is InChI=1S/C29H27F2N7O2/c1-17(2)13-19(14-32)29(39)37-12-4-5-20(37)15-38-28-24(27(33)34-16-35-28)25(36-38)18-8-10-21(11-9-18)40-26-22(30)6-3-7-23(26)31/h3,6-11,13,16-17,20H,4-5,12,15H2,1-2H3,(H2,33,34,35)/b19-13+/t20-/m0/s1. The van der Waals surface area contributed by atoms with E-state index < -0.39 is 17.4 Å². The molecule has 11 heteroatoms. The van der Waals surface area contributed by atoms with Crippen LogP contribution in [0.3, 0.4) is 0 Å². The van der Waals surface area contributed by atoms with Gasteiger partial charge in [0.25, 0.3) is 5.91 Å². The molecule has 9 nitrogen and oxygen atoms in total.